The molecule has 0 aromatic heterocycles. The molecule has 0 fully saturated rings. The van der Waals surface area contributed by atoms with E-state index < -0.39 is 111 Å². The molecule has 0 N–H and O–H groups in total. The summed E-state index contributed by atoms with van der Waals surface area (Å²) in [6.07, 6.45) is -12.2. The Bertz CT molecular complexity index is 2000. The Morgan fingerprint density at radius 1 is 0.450 bits per heavy atom. The molecule has 60 heavy (non-hydrogen) atoms. The van der Waals surface area contributed by atoms with Crippen LogP contribution in [0.15, 0.2) is 87.5 Å². The number of carbonyl (C=O) groups excluding carboxylic acids is 3. The van der Waals surface area contributed by atoms with Crippen LogP contribution in [0.5, 0.6) is 17.2 Å². The van der Waals surface area contributed by atoms with Crippen LogP contribution in [0.1, 0.15) is 62.3 Å². The molecule has 3 aromatic carbocycles. The second-order valence-electron chi connectivity index (χ2n) is 15.3. The van der Waals surface area contributed by atoms with E-state index >= 15 is 17.6 Å². The van der Waals surface area contributed by atoms with Gasteiger partial charge in [-0.05, 0) is 109 Å². The summed E-state index contributed by atoms with van der Waals surface area (Å²) in [5.74, 6) is -18.3. The molecule has 0 aliphatic carbocycles. The topological polar surface area (TPSA) is 150 Å². The van der Waals surface area contributed by atoms with Gasteiger partial charge in [-0.15, -0.1) is 0 Å². The zero-order valence-electron chi connectivity index (χ0n) is 33.0. The van der Waals surface area contributed by atoms with E-state index in [1.807, 2.05) is 0 Å². The van der Waals surface area contributed by atoms with Crippen LogP contribution in [-0.4, -0.2) is 67.0 Å². The number of ether oxygens (including phenoxy) is 6. The minimum atomic E-state index is -7.93. The maximum absolute atomic E-state index is 15.8. The van der Waals surface area contributed by atoms with Crippen LogP contribution in [0.3, 0.4) is 0 Å². The second kappa shape index (κ2) is 16.9. The number of alkyl halides is 9. The highest BCUT2D eigenvalue weighted by Crippen LogP contribution is 2.76. The van der Waals surface area contributed by atoms with Crippen molar-refractivity contribution < 1.29 is 94.4 Å². The van der Waals surface area contributed by atoms with Crippen molar-refractivity contribution in [1.82, 2.24) is 0 Å². The first-order valence-electron chi connectivity index (χ1n) is 17.0. The van der Waals surface area contributed by atoms with E-state index in [9.17, 15) is 44.8 Å². The van der Waals surface area contributed by atoms with Gasteiger partial charge in [0, 0.05) is 0 Å². The van der Waals surface area contributed by atoms with Crippen LogP contribution in [0, 0.1) is 0 Å². The summed E-state index contributed by atoms with van der Waals surface area (Å²) in [6.45, 7) is 12.4. The summed E-state index contributed by atoms with van der Waals surface area (Å²) in [5, 5.41) is -7.49. The van der Waals surface area contributed by atoms with Crippen LogP contribution in [0.2, 0.25) is 0 Å². The van der Waals surface area contributed by atoms with E-state index in [0.717, 1.165) is 72.8 Å². The SMILES string of the molecule is CC(C)(C)OC(=O)Oc1ccccc1S(OS(=O)(=O)C(F)(F)C(F)(F)C(F)(F)C(F)(F)F)(c1ccccc1OC(=O)OC(C)(C)C)c1ccccc1OC(=O)OC(C)(C)C. The van der Waals surface area contributed by atoms with Crippen molar-refractivity contribution in [3.05, 3.63) is 72.8 Å². The molecule has 0 bridgehead atoms. The number of para-hydroxylation sites is 3. The summed E-state index contributed by atoms with van der Waals surface area (Å²) in [7, 11) is -13.2. The Kier molecular flexibility index (Phi) is 13.9. The first kappa shape index (κ1) is 49.5. The highest BCUT2D eigenvalue weighted by molar-refractivity contribution is 8.33. The molecule has 0 atom stereocenters. The summed E-state index contributed by atoms with van der Waals surface area (Å²) in [5.41, 5.74) is -3.93. The highest BCUT2D eigenvalue weighted by Gasteiger charge is 2.86. The molecule has 3 aromatic rings. The summed E-state index contributed by atoms with van der Waals surface area (Å²) < 4.78 is 194. The Morgan fingerprint density at radius 3 is 0.967 bits per heavy atom. The molecule has 0 heterocycles. The van der Waals surface area contributed by atoms with Gasteiger partial charge in [0.25, 0.3) is 0 Å². The van der Waals surface area contributed by atoms with Gasteiger partial charge in [-0.1, -0.05) is 36.4 Å². The van der Waals surface area contributed by atoms with E-state index in [0.29, 0.717) is 0 Å². The molecule has 0 spiro atoms. The van der Waals surface area contributed by atoms with E-state index in [4.69, 9.17) is 32.1 Å². The van der Waals surface area contributed by atoms with Crippen molar-refractivity contribution in [2.45, 2.75) is 117 Å². The molecule has 23 heteroatoms. The number of benzene rings is 3. The first-order chi connectivity index (χ1) is 27.0. The fraction of sp³-hybridized carbons (Fsp3) is 0.432. The summed E-state index contributed by atoms with van der Waals surface area (Å²) in [4.78, 5) is 36.3. The van der Waals surface area contributed by atoms with E-state index in [-0.39, 0.29) is 0 Å². The quantitative estimate of drug-likeness (QED) is 0.0779. The minimum absolute atomic E-state index is 0.777. The molecular weight excluding hydrogens is 872 g/mol. The molecule has 0 saturated heterocycles. The van der Waals surface area contributed by atoms with Crippen molar-refractivity contribution in [3.8, 4) is 17.2 Å². The molecule has 0 aliphatic rings. The maximum atomic E-state index is 15.8. The van der Waals surface area contributed by atoms with Crippen LogP contribution in [0.25, 0.3) is 0 Å². The average molecular weight is 911 g/mol. The van der Waals surface area contributed by atoms with Gasteiger partial charge in [-0.3, -0.25) is 0 Å². The Balaban J connectivity index is 2.68. The van der Waals surface area contributed by atoms with Gasteiger partial charge in [0.1, 0.15) is 34.1 Å². The Morgan fingerprint density at radius 2 is 0.717 bits per heavy atom. The van der Waals surface area contributed by atoms with Gasteiger partial charge in [-0.25, -0.2) is 18.0 Å². The maximum Gasteiger partial charge on any atom is 0.514 e. The predicted molar refractivity (Wildman–Crippen MR) is 193 cm³/mol. The Hall–Kier alpha value is -4.90. The molecule has 0 radical (unpaired) electrons. The molecule has 0 aliphatic heterocycles. The van der Waals surface area contributed by atoms with Crippen LogP contribution >= 0.6 is 10.3 Å². The van der Waals surface area contributed by atoms with E-state index in [1.54, 1.807) is 0 Å². The third kappa shape index (κ3) is 10.9. The van der Waals surface area contributed by atoms with Gasteiger partial charge >= 0.3 is 51.9 Å². The number of hydrogen-bond donors (Lipinski definition) is 0. The van der Waals surface area contributed by atoms with E-state index in [2.05, 4.69) is 0 Å². The Labute approximate surface area is 339 Å². The largest absolute Gasteiger partial charge is 0.514 e. The van der Waals surface area contributed by atoms with Crippen LogP contribution < -0.4 is 14.2 Å². The van der Waals surface area contributed by atoms with Crippen LogP contribution in [-0.2, 0) is 28.0 Å². The fourth-order valence-corrected chi connectivity index (χ4v) is 10.00. The fourth-order valence-electron chi connectivity index (χ4n) is 4.56. The van der Waals surface area contributed by atoms with E-state index in [1.165, 1.54) is 62.3 Å². The summed E-state index contributed by atoms with van der Waals surface area (Å²) >= 11 is 0. The zero-order valence-corrected chi connectivity index (χ0v) is 34.7. The molecular formula is C37H39F9O12S2. The van der Waals surface area contributed by atoms with Crippen LogP contribution in [0.4, 0.5) is 53.9 Å². The predicted octanol–water partition coefficient (Wildman–Crippen LogP) is 11.6. The van der Waals surface area contributed by atoms with Crippen molar-refractivity contribution in [2.75, 3.05) is 0 Å². The lowest BCUT2D eigenvalue weighted by atomic mass is 10.1. The van der Waals surface area contributed by atoms with Crippen molar-refractivity contribution in [3.63, 3.8) is 0 Å². The molecule has 0 unspecified atom stereocenters. The average Bonchev–Trinajstić information content (AvgIpc) is 3.05. The lowest BCUT2D eigenvalue weighted by Crippen LogP contribution is -2.63. The van der Waals surface area contributed by atoms with Gasteiger partial charge in [-0.2, -0.15) is 47.9 Å². The zero-order chi connectivity index (χ0) is 46.1. The monoisotopic (exact) mass is 910 g/mol. The van der Waals surface area contributed by atoms with Gasteiger partial charge in [0.15, 0.2) is 0 Å². The van der Waals surface area contributed by atoms with Crippen molar-refractivity contribution in [1.29, 1.82) is 0 Å². The van der Waals surface area contributed by atoms with Gasteiger partial charge < -0.3 is 28.4 Å². The lowest BCUT2D eigenvalue weighted by molar-refractivity contribution is -0.382. The summed E-state index contributed by atoms with van der Waals surface area (Å²) in [6, 6.07) is 11.2. The lowest BCUT2D eigenvalue weighted by Gasteiger charge is -2.42. The normalized spacial score (nSPS) is 13.8. The molecule has 0 amide bonds. The number of halogens is 9. The van der Waals surface area contributed by atoms with Gasteiger partial charge in [0.2, 0.25) is 0 Å². The molecule has 12 nitrogen and oxygen atoms in total. The number of carbonyl (C=O) groups is 3. The minimum Gasteiger partial charge on any atom is -0.428 e. The second-order valence-corrected chi connectivity index (χ2v) is 19.7. The molecule has 334 valence electrons. The highest BCUT2D eigenvalue weighted by atomic mass is 32.3. The van der Waals surface area contributed by atoms with Gasteiger partial charge in [0.05, 0.1) is 14.7 Å². The van der Waals surface area contributed by atoms with Crippen molar-refractivity contribution in [2.24, 2.45) is 0 Å². The van der Waals surface area contributed by atoms with Crippen molar-refractivity contribution >= 4 is 38.9 Å². The number of rotatable bonds is 11. The molecule has 0 saturated carbocycles. The third-order valence-electron chi connectivity index (χ3n) is 6.85. The number of hydrogen-bond acceptors (Lipinski definition) is 12. The standard InChI is InChI=1S/C37H39F9O12S2/c1-31(2,3)55-28(47)52-22-16-10-13-19-25(22)59(26-20-14-11-17-23(26)53-29(48)56-32(4,5)6,27-21-15-12-18-24(27)54-30(49)57-33(7,8)9)58-60(50,51)37(45,46)35(40,41)34(38,39)36(42,43)44/h10-21H,1-9H3. The first-order valence-corrected chi connectivity index (χ1v) is 19.9. The molecule has 3 rings (SSSR count). The third-order valence-corrected chi connectivity index (χ3v) is 12.1. The smallest absolute Gasteiger partial charge is 0.428 e.